The van der Waals surface area contributed by atoms with Crippen LogP contribution in [-0.2, 0) is 13.2 Å². The van der Waals surface area contributed by atoms with Crippen molar-refractivity contribution in [2.75, 3.05) is 7.05 Å². The van der Waals surface area contributed by atoms with E-state index in [2.05, 4.69) is 17.4 Å². The first kappa shape index (κ1) is 9.65. The van der Waals surface area contributed by atoms with Gasteiger partial charge in [0.2, 0.25) is 0 Å². The molecule has 74 valence electrons. The average molecular weight is 207 g/mol. The molecule has 2 rings (SSSR count). The Morgan fingerprint density at radius 3 is 2.93 bits per heavy atom. The third-order valence-electron chi connectivity index (χ3n) is 2.30. The molecule has 1 aromatic heterocycles. The summed E-state index contributed by atoms with van der Waals surface area (Å²) in [5, 5.41) is 15.5. The number of aliphatic hydroxyl groups is 1. The van der Waals surface area contributed by atoms with E-state index < -0.39 is 0 Å². The molecule has 14 heavy (non-hydrogen) atoms. The van der Waals surface area contributed by atoms with Crippen LogP contribution in [0.3, 0.4) is 0 Å². The van der Waals surface area contributed by atoms with Crippen LogP contribution in [0.2, 0.25) is 0 Å². The summed E-state index contributed by atoms with van der Waals surface area (Å²) in [5.41, 5.74) is 2.33. The molecule has 2 N–H and O–H groups in total. The van der Waals surface area contributed by atoms with Gasteiger partial charge in [-0.15, -0.1) is 11.3 Å². The number of rotatable bonds is 3. The van der Waals surface area contributed by atoms with E-state index >= 15 is 0 Å². The highest BCUT2D eigenvalue weighted by Crippen LogP contribution is 2.28. The normalized spacial score (nSPS) is 11.0. The second-order valence-corrected chi connectivity index (χ2v) is 4.12. The zero-order chi connectivity index (χ0) is 9.97. The minimum absolute atomic E-state index is 0.128. The predicted octanol–water partition coefficient (Wildman–Crippen LogP) is 2.11. The van der Waals surface area contributed by atoms with Crippen molar-refractivity contribution in [3.63, 3.8) is 0 Å². The van der Waals surface area contributed by atoms with Crippen LogP contribution in [0, 0.1) is 0 Å². The second-order valence-electron chi connectivity index (χ2n) is 3.24. The summed E-state index contributed by atoms with van der Waals surface area (Å²) in [6.45, 7) is 1.01. The highest BCUT2D eigenvalue weighted by atomic mass is 32.1. The standard InChI is InChI=1S/C11H13NOS/c1-12-5-8-3-2-4-10-9(6-13)7-14-11(8)10/h2-4,7,12-13H,5-6H2,1H3. The molecule has 1 heterocycles. The molecule has 0 atom stereocenters. The minimum atomic E-state index is 0.128. The van der Waals surface area contributed by atoms with Crippen molar-refractivity contribution in [2.45, 2.75) is 13.2 Å². The molecule has 0 bridgehead atoms. The second kappa shape index (κ2) is 4.09. The van der Waals surface area contributed by atoms with Crippen LogP contribution >= 0.6 is 11.3 Å². The Morgan fingerprint density at radius 2 is 2.21 bits per heavy atom. The molecule has 0 aliphatic heterocycles. The number of benzene rings is 1. The maximum absolute atomic E-state index is 9.14. The fraction of sp³-hybridized carbons (Fsp3) is 0.273. The van der Waals surface area contributed by atoms with Gasteiger partial charge in [-0.1, -0.05) is 18.2 Å². The average Bonchev–Trinajstić information content (AvgIpc) is 2.62. The summed E-state index contributed by atoms with van der Waals surface area (Å²) >= 11 is 1.71. The van der Waals surface area contributed by atoms with Gasteiger partial charge in [-0.25, -0.2) is 0 Å². The topological polar surface area (TPSA) is 32.3 Å². The van der Waals surface area contributed by atoms with Gasteiger partial charge in [0.05, 0.1) is 6.61 Å². The molecule has 2 nitrogen and oxygen atoms in total. The van der Waals surface area contributed by atoms with Gasteiger partial charge in [-0.05, 0) is 28.9 Å². The molecule has 3 heteroatoms. The van der Waals surface area contributed by atoms with E-state index in [4.69, 9.17) is 5.11 Å². The summed E-state index contributed by atoms with van der Waals surface area (Å²) in [7, 11) is 1.94. The third kappa shape index (κ3) is 1.54. The lowest BCUT2D eigenvalue weighted by molar-refractivity contribution is 0.284. The molecule has 0 unspecified atom stereocenters. The number of hydrogen-bond acceptors (Lipinski definition) is 3. The Hall–Kier alpha value is -0.900. The van der Waals surface area contributed by atoms with Crippen molar-refractivity contribution in [1.29, 1.82) is 0 Å². The number of hydrogen-bond donors (Lipinski definition) is 2. The van der Waals surface area contributed by atoms with E-state index in [1.54, 1.807) is 11.3 Å². The van der Waals surface area contributed by atoms with Gasteiger partial charge in [0.15, 0.2) is 0 Å². The van der Waals surface area contributed by atoms with E-state index in [9.17, 15) is 0 Å². The van der Waals surface area contributed by atoms with Gasteiger partial charge in [0.1, 0.15) is 0 Å². The van der Waals surface area contributed by atoms with Crippen LogP contribution in [0.5, 0.6) is 0 Å². The summed E-state index contributed by atoms with van der Waals surface area (Å²) in [6, 6.07) is 6.23. The number of aliphatic hydroxyl groups excluding tert-OH is 1. The Balaban J connectivity index is 2.58. The van der Waals surface area contributed by atoms with Crippen LogP contribution < -0.4 is 5.32 Å². The monoisotopic (exact) mass is 207 g/mol. The third-order valence-corrected chi connectivity index (χ3v) is 3.42. The summed E-state index contributed by atoms with van der Waals surface area (Å²) in [6.07, 6.45) is 0. The fourth-order valence-corrected chi connectivity index (χ4v) is 2.70. The van der Waals surface area contributed by atoms with Crippen LogP contribution in [0.4, 0.5) is 0 Å². The molecule has 0 aliphatic rings. The highest BCUT2D eigenvalue weighted by molar-refractivity contribution is 7.17. The lowest BCUT2D eigenvalue weighted by Gasteiger charge is -2.01. The zero-order valence-corrected chi connectivity index (χ0v) is 8.90. The van der Waals surface area contributed by atoms with Gasteiger partial charge in [0.25, 0.3) is 0 Å². The van der Waals surface area contributed by atoms with Crippen LogP contribution in [0.25, 0.3) is 10.1 Å². The molecule has 2 aromatic rings. The molecule has 0 aliphatic carbocycles. The lowest BCUT2D eigenvalue weighted by atomic mass is 10.1. The number of nitrogens with one attached hydrogen (secondary N) is 1. The highest BCUT2D eigenvalue weighted by Gasteiger charge is 2.05. The van der Waals surface area contributed by atoms with E-state index in [1.807, 2.05) is 18.5 Å². The van der Waals surface area contributed by atoms with Crippen molar-refractivity contribution >= 4 is 21.4 Å². The fourth-order valence-electron chi connectivity index (χ4n) is 1.62. The van der Waals surface area contributed by atoms with Gasteiger partial charge in [0, 0.05) is 11.2 Å². The van der Waals surface area contributed by atoms with Crippen LogP contribution in [-0.4, -0.2) is 12.2 Å². The number of fused-ring (bicyclic) bond motifs is 1. The van der Waals surface area contributed by atoms with E-state index in [1.165, 1.54) is 15.6 Å². The largest absolute Gasteiger partial charge is 0.392 e. The molecule has 0 radical (unpaired) electrons. The maximum Gasteiger partial charge on any atom is 0.0696 e. The Bertz CT molecular complexity index is 436. The smallest absolute Gasteiger partial charge is 0.0696 e. The Morgan fingerprint density at radius 1 is 1.36 bits per heavy atom. The van der Waals surface area contributed by atoms with Gasteiger partial charge >= 0.3 is 0 Å². The van der Waals surface area contributed by atoms with Crippen molar-refractivity contribution in [2.24, 2.45) is 0 Å². The zero-order valence-electron chi connectivity index (χ0n) is 8.08. The molecule has 0 saturated carbocycles. The molecular weight excluding hydrogens is 194 g/mol. The van der Waals surface area contributed by atoms with E-state index in [0.717, 1.165) is 12.1 Å². The molecule has 0 spiro atoms. The van der Waals surface area contributed by atoms with Gasteiger partial charge in [-0.2, -0.15) is 0 Å². The predicted molar refractivity (Wildman–Crippen MR) is 60.5 cm³/mol. The molecule has 0 saturated heterocycles. The van der Waals surface area contributed by atoms with Crippen molar-refractivity contribution in [3.05, 3.63) is 34.7 Å². The first-order valence-corrected chi connectivity index (χ1v) is 5.48. The first-order valence-electron chi connectivity index (χ1n) is 4.60. The minimum Gasteiger partial charge on any atom is -0.392 e. The van der Waals surface area contributed by atoms with Crippen molar-refractivity contribution < 1.29 is 5.11 Å². The number of thiophene rings is 1. The van der Waals surface area contributed by atoms with Crippen molar-refractivity contribution in [3.8, 4) is 0 Å². The first-order chi connectivity index (χ1) is 6.86. The molecule has 0 amide bonds. The quantitative estimate of drug-likeness (QED) is 0.808. The van der Waals surface area contributed by atoms with Gasteiger partial charge in [-0.3, -0.25) is 0 Å². The molecule has 0 fully saturated rings. The van der Waals surface area contributed by atoms with E-state index in [0.29, 0.717) is 0 Å². The van der Waals surface area contributed by atoms with Crippen molar-refractivity contribution in [1.82, 2.24) is 5.32 Å². The Labute approximate surface area is 87.2 Å². The Kier molecular flexibility index (Phi) is 2.82. The van der Waals surface area contributed by atoms with Crippen LogP contribution in [0.15, 0.2) is 23.6 Å². The lowest BCUT2D eigenvalue weighted by Crippen LogP contribution is -2.04. The van der Waals surface area contributed by atoms with Gasteiger partial charge < -0.3 is 10.4 Å². The summed E-state index contributed by atoms with van der Waals surface area (Å²) in [4.78, 5) is 0. The summed E-state index contributed by atoms with van der Waals surface area (Å²) < 4.78 is 1.28. The summed E-state index contributed by atoms with van der Waals surface area (Å²) in [5.74, 6) is 0. The molecule has 1 aromatic carbocycles. The SMILES string of the molecule is CNCc1cccc2c(CO)csc12. The van der Waals surface area contributed by atoms with Crippen LogP contribution in [0.1, 0.15) is 11.1 Å². The van der Waals surface area contributed by atoms with E-state index in [-0.39, 0.29) is 6.61 Å². The molecular formula is C11H13NOS. The maximum atomic E-state index is 9.14.